The molecule has 24 heavy (non-hydrogen) atoms. The van der Waals surface area contributed by atoms with Gasteiger partial charge >= 0.3 is 0 Å². The first-order valence-corrected chi connectivity index (χ1v) is 7.66. The number of carbonyl (C=O) groups is 1. The molecule has 120 valence electrons. The van der Waals surface area contributed by atoms with Gasteiger partial charge in [-0.15, -0.1) is 5.10 Å². The summed E-state index contributed by atoms with van der Waals surface area (Å²) in [6.45, 7) is 3.81. The molecule has 0 aliphatic carbocycles. The van der Waals surface area contributed by atoms with Crippen molar-refractivity contribution in [3.63, 3.8) is 0 Å². The van der Waals surface area contributed by atoms with Gasteiger partial charge in [-0.3, -0.25) is 4.79 Å². The number of nitrogens with zero attached hydrogens (tertiary/aromatic N) is 2. The molecule has 3 aromatic rings. The van der Waals surface area contributed by atoms with Crippen LogP contribution in [0.5, 0.6) is 0 Å². The van der Waals surface area contributed by atoms with Crippen LogP contribution in [0.2, 0.25) is 0 Å². The predicted octanol–water partition coefficient (Wildman–Crippen LogP) is 4.09. The summed E-state index contributed by atoms with van der Waals surface area (Å²) in [5.41, 5.74) is 4.11. The number of hydrogen-bond donors (Lipinski definition) is 2. The Morgan fingerprint density at radius 2 is 1.54 bits per heavy atom. The van der Waals surface area contributed by atoms with Gasteiger partial charge in [-0.25, -0.2) is 0 Å². The van der Waals surface area contributed by atoms with Crippen LogP contribution in [0, 0.1) is 13.8 Å². The van der Waals surface area contributed by atoms with Crippen LogP contribution in [0.1, 0.15) is 21.6 Å². The largest absolute Gasteiger partial charge is 0.339 e. The van der Waals surface area contributed by atoms with Crippen LogP contribution in [0.15, 0.2) is 60.7 Å². The Balaban J connectivity index is 1.67. The summed E-state index contributed by atoms with van der Waals surface area (Å²) in [5, 5.41) is 14.1. The van der Waals surface area contributed by atoms with Crippen LogP contribution in [0.25, 0.3) is 0 Å². The van der Waals surface area contributed by atoms with Crippen LogP contribution in [-0.4, -0.2) is 16.1 Å². The molecule has 5 nitrogen and oxygen atoms in total. The molecule has 0 saturated heterocycles. The summed E-state index contributed by atoms with van der Waals surface area (Å²) < 4.78 is 0. The van der Waals surface area contributed by atoms with Crippen molar-refractivity contribution in [1.29, 1.82) is 0 Å². The molecule has 0 aliphatic rings. The third kappa shape index (κ3) is 3.76. The van der Waals surface area contributed by atoms with E-state index < -0.39 is 0 Å². The Kier molecular flexibility index (Phi) is 4.52. The topological polar surface area (TPSA) is 66.9 Å². The molecule has 0 unspecified atom stereocenters. The fourth-order valence-electron chi connectivity index (χ4n) is 2.28. The maximum atomic E-state index is 12.3. The quantitative estimate of drug-likeness (QED) is 0.760. The Labute approximate surface area is 140 Å². The highest BCUT2D eigenvalue weighted by Crippen LogP contribution is 2.18. The first-order valence-electron chi connectivity index (χ1n) is 7.66. The van der Waals surface area contributed by atoms with Crippen LogP contribution in [-0.2, 0) is 0 Å². The summed E-state index contributed by atoms with van der Waals surface area (Å²) in [6.07, 6.45) is 0. The molecule has 0 atom stereocenters. The number of rotatable bonds is 4. The van der Waals surface area contributed by atoms with Crippen molar-refractivity contribution in [3.05, 3.63) is 77.5 Å². The third-order valence-electron chi connectivity index (χ3n) is 3.60. The van der Waals surface area contributed by atoms with Crippen LogP contribution >= 0.6 is 0 Å². The van der Waals surface area contributed by atoms with Crippen molar-refractivity contribution in [1.82, 2.24) is 10.2 Å². The van der Waals surface area contributed by atoms with E-state index in [9.17, 15) is 4.79 Å². The number of aryl methyl sites for hydroxylation is 2. The maximum Gasteiger partial charge on any atom is 0.255 e. The average Bonchev–Trinajstić information content (AvgIpc) is 2.59. The van der Waals surface area contributed by atoms with E-state index in [1.54, 1.807) is 0 Å². The van der Waals surface area contributed by atoms with Gasteiger partial charge in [0.05, 0.1) is 5.69 Å². The molecule has 5 heteroatoms. The van der Waals surface area contributed by atoms with Crippen molar-refractivity contribution < 1.29 is 4.79 Å². The third-order valence-corrected chi connectivity index (χ3v) is 3.60. The average molecular weight is 318 g/mol. The van der Waals surface area contributed by atoms with Gasteiger partial charge in [0, 0.05) is 16.9 Å². The van der Waals surface area contributed by atoms with Crippen molar-refractivity contribution in [3.8, 4) is 0 Å². The SMILES string of the molecule is Cc1ccc(Nc2ccc(NC(=O)c3ccccc3C)cc2)nn1. The maximum absolute atomic E-state index is 12.3. The smallest absolute Gasteiger partial charge is 0.255 e. The number of hydrogen-bond acceptors (Lipinski definition) is 4. The number of amides is 1. The van der Waals surface area contributed by atoms with E-state index in [0.717, 1.165) is 22.6 Å². The zero-order valence-electron chi connectivity index (χ0n) is 13.6. The minimum absolute atomic E-state index is 0.113. The molecule has 1 amide bonds. The lowest BCUT2D eigenvalue weighted by Gasteiger charge is -2.09. The molecule has 0 bridgehead atoms. The normalized spacial score (nSPS) is 10.2. The van der Waals surface area contributed by atoms with E-state index in [4.69, 9.17) is 0 Å². The molecule has 0 aliphatic heterocycles. The first-order chi connectivity index (χ1) is 11.6. The Morgan fingerprint density at radius 1 is 0.833 bits per heavy atom. The van der Waals surface area contributed by atoms with E-state index in [0.29, 0.717) is 11.4 Å². The van der Waals surface area contributed by atoms with Gasteiger partial charge in [-0.1, -0.05) is 18.2 Å². The molecule has 1 aromatic heterocycles. The van der Waals surface area contributed by atoms with Gasteiger partial charge in [0.25, 0.3) is 5.91 Å². The molecule has 0 fully saturated rings. The van der Waals surface area contributed by atoms with E-state index in [2.05, 4.69) is 20.8 Å². The van der Waals surface area contributed by atoms with Crippen LogP contribution in [0.4, 0.5) is 17.2 Å². The second-order valence-electron chi connectivity index (χ2n) is 5.53. The van der Waals surface area contributed by atoms with Crippen molar-refractivity contribution in [2.24, 2.45) is 0 Å². The monoisotopic (exact) mass is 318 g/mol. The molecular formula is C19H18N4O. The lowest BCUT2D eigenvalue weighted by molar-refractivity contribution is 0.102. The summed E-state index contributed by atoms with van der Waals surface area (Å²) in [4.78, 5) is 12.3. The highest BCUT2D eigenvalue weighted by Gasteiger charge is 2.08. The van der Waals surface area contributed by atoms with Crippen molar-refractivity contribution in [2.75, 3.05) is 10.6 Å². The molecule has 2 N–H and O–H groups in total. The zero-order valence-corrected chi connectivity index (χ0v) is 13.6. The van der Waals surface area contributed by atoms with E-state index in [1.807, 2.05) is 74.5 Å². The summed E-state index contributed by atoms with van der Waals surface area (Å²) >= 11 is 0. The second-order valence-corrected chi connectivity index (χ2v) is 5.53. The van der Waals surface area contributed by atoms with Gasteiger partial charge in [0.2, 0.25) is 0 Å². The second kappa shape index (κ2) is 6.91. The molecule has 0 saturated carbocycles. The summed E-state index contributed by atoms with van der Waals surface area (Å²) in [7, 11) is 0. The molecule has 0 radical (unpaired) electrons. The number of aromatic nitrogens is 2. The van der Waals surface area contributed by atoms with Crippen molar-refractivity contribution >= 4 is 23.1 Å². The Hall–Kier alpha value is -3.21. The van der Waals surface area contributed by atoms with Gasteiger partial charge in [-0.05, 0) is 61.9 Å². The summed E-state index contributed by atoms with van der Waals surface area (Å²) in [6, 6.07) is 18.7. The molecule has 0 spiro atoms. The first kappa shape index (κ1) is 15.7. The van der Waals surface area contributed by atoms with E-state index >= 15 is 0 Å². The van der Waals surface area contributed by atoms with Crippen LogP contribution < -0.4 is 10.6 Å². The summed E-state index contributed by atoms with van der Waals surface area (Å²) in [5.74, 6) is 0.565. The lowest BCUT2D eigenvalue weighted by atomic mass is 10.1. The predicted molar refractivity (Wildman–Crippen MR) is 95.6 cm³/mol. The van der Waals surface area contributed by atoms with Gasteiger partial charge < -0.3 is 10.6 Å². The van der Waals surface area contributed by atoms with E-state index in [-0.39, 0.29) is 5.91 Å². The number of carbonyl (C=O) groups excluding carboxylic acids is 1. The molecule has 1 heterocycles. The number of anilines is 3. The van der Waals surface area contributed by atoms with Gasteiger partial charge in [-0.2, -0.15) is 5.10 Å². The molecule has 2 aromatic carbocycles. The molecular weight excluding hydrogens is 300 g/mol. The number of nitrogens with one attached hydrogen (secondary N) is 2. The minimum Gasteiger partial charge on any atom is -0.339 e. The Morgan fingerprint density at radius 3 is 2.21 bits per heavy atom. The van der Waals surface area contributed by atoms with Crippen molar-refractivity contribution in [2.45, 2.75) is 13.8 Å². The van der Waals surface area contributed by atoms with Gasteiger partial charge in [0.15, 0.2) is 5.82 Å². The number of benzene rings is 2. The van der Waals surface area contributed by atoms with E-state index in [1.165, 1.54) is 0 Å². The zero-order chi connectivity index (χ0) is 16.9. The minimum atomic E-state index is -0.113. The Bertz CT molecular complexity index is 842. The highest BCUT2D eigenvalue weighted by molar-refractivity contribution is 6.05. The lowest BCUT2D eigenvalue weighted by Crippen LogP contribution is -2.13. The fourth-order valence-corrected chi connectivity index (χ4v) is 2.28. The van der Waals surface area contributed by atoms with Gasteiger partial charge in [0.1, 0.15) is 0 Å². The standard InChI is InChI=1S/C19H18N4O/c1-13-5-3-4-6-17(13)19(24)21-16-10-8-15(9-11-16)20-18-12-7-14(2)22-23-18/h3-12H,1-2H3,(H,20,23)(H,21,24). The highest BCUT2D eigenvalue weighted by atomic mass is 16.1. The van der Waals surface area contributed by atoms with Crippen LogP contribution in [0.3, 0.4) is 0 Å². The fraction of sp³-hybridized carbons (Fsp3) is 0.105. The molecule has 3 rings (SSSR count).